The molecular formula is C10H13N5O. The number of fused-ring (bicyclic) bond motifs is 1. The molecule has 0 saturated carbocycles. The molecule has 0 N–H and O–H groups in total. The van der Waals surface area contributed by atoms with Crippen LogP contribution in [0, 0.1) is 5.92 Å². The second kappa shape index (κ2) is 3.96. The van der Waals surface area contributed by atoms with Crippen LogP contribution in [0.2, 0.25) is 0 Å². The molecule has 0 bridgehead atoms. The average molecular weight is 219 g/mol. The zero-order valence-corrected chi connectivity index (χ0v) is 9.45. The fraction of sp³-hybridized carbons (Fsp3) is 0.500. The summed E-state index contributed by atoms with van der Waals surface area (Å²) in [7, 11) is 0. The molecule has 0 saturated heterocycles. The molecule has 0 aliphatic heterocycles. The Morgan fingerprint density at radius 1 is 1.38 bits per heavy atom. The van der Waals surface area contributed by atoms with Crippen molar-refractivity contribution in [3.05, 3.63) is 18.1 Å². The molecule has 0 aliphatic carbocycles. The van der Waals surface area contributed by atoms with Crippen LogP contribution < -0.4 is 0 Å². The maximum atomic E-state index is 11.6. The van der Waals surface area contributed by atoms with Gasteiger partial charge in [-0.2, -0.15) is 4.52 Å². The number of hydrogen-bond acceptors (Lipinski definition) is 5. The van der Waals surface area contributed by atoms with E-state index in [1.165, 1.54) is 0 Å². The van der Waals surface area contributed by atoms with Crippen LogP contribution in [-0.4, -0.2) is 30.8 Å². The van der Waals surface area contributed by atoms with Gasteiger partial charge >= 0.3 is 0 Å². The Balaban J connectivity index is 2.60. The Morgan fingerprint density at radius 3 is 2.75 bits per heavy atom. The number of carbonyl (C=O) groups is 1. The second-order valence-electron chi connectivity index (χ2n) is 4.11. The smallest absolute Gasteiger partial charge is 0.197 e. The molecule has 0 aromatic carbocycles. The first-order chi connectivity index (χ1) is 7.61. The number of Topliss-reactive ketones (excluding diaryl/α,β-unsaturated/α-hetero) is 1. The molecule has 2 rings (SSSR count). The SMILES string of the molecule is CC(=O)C(c1cncc2nnnn12)C(C)C. The van der Waals surface area contributed by atoms with Crippen molar-refractivity contribution in [2.45, 2.75) is 26.7 Å². The van der Waals surface area contributed by atoms with E-state index >= 15 is 0 Å². The van der Waals surface area contributed by atoms with Crippen LogP contribution in [0.15, 0.2) is 12.4 Å². The van der Waals surface area contributed by atoms with Crippen LogP contribution >= 0.6 is 0 Å². The predicted molar refractivity (Wildman–Crippen MR) is 56.8 cm³/mol. The molecule has 2 heterocycles. The number of ketones is 1. The van der Waals surface area contributed by atoms with Crippen molar-refractivity contribution in [1.82, 2.24) is 25.0 Å². The average Bonchev–Trinajstić information content (AvgIpc) is 2.65. The summed E-state index contributed by atoms with van der Waals surface area (Å²) in [5, 5.41) is 11.3. The Hall–Kier alpha value is -1.85. The summed E-state index contributed by atoms with van der Waals surface area (Å²) in [5.41, 5.74) is 1.30. The highest BCUT2D eigenvalue weighted by Gasteiger charge is 2.24. The minimum Gasteiger partial charge on any atom is -0.299 e. The molecule has 6 nitrogen and oxygen atoms in total. The number of hydrogen-bond donors (Lipinski definition) is 0. The molecule has 2 aromatic rings. The molecule has 0 aliphatic rings. The van der Waals surface area contributed by atoms with Crippen molar-refractivity contribution in [3.63, 3.8) is 0 Å². The molecule has 0 amide bonds. The normalized spacial score (nSPS) is 13.2. The van der Waals surface area contributed by atoms with Crippen molar-refractivity contribution < 1.29 is 4.79 Å². The van der Waals surface area contributed by atoms with E-state index in [1.54, 1.807) is 23.8 Å². The third kappa shape index (κ3) is 1.66. The number of aromatic nitrogens is 5. The van der Waals surface area contributed by atoms with E-state index in [0.717, 1.165) is 5.69 Å². The lowest BCUT2D eigenvalue weighted by Crippen LogP contribution is -2.19. The maximum absolute atomic E-state index is 11.6. The standard InChI is InChI=1S/C10H13N5O/c1-6(2)10(7(3)16)8-4-11-5-9-12-13-14-15(8)9/h4-6,10H,1-3H3. The first-order valence-electron chi connectivity index (χ1n) is 5.13. The maximum Gasteiger partial charge on any atom is 0.197 e. The molecule has 16 heavy (non-hydrogen) atoms. The second-order valence-corrected chi connectivity index (χ2v) is 4.11. The van der Waals surface area contributed by atoms with Gasteiger partial charge in [-0.3, -0.25) is 9.78 Å². The van der Waals surface area contributed by atoms with Crippen LogP contribution in [0.25, 0.3) is 5.65 Å². The highest BCUT2D eigenvalue weighted by atomic mass is 16.1. The Morgan fingerprint density at radius 2 is 2.12 bits per heavy atom. The van der Waals surface area contributed by atoms with Crippen molar-refractivity contribution in [2.75, 3.05) is 0 Å². The Kier molecular flexibility index (Phi) is 2.64. The summed E-state index contributed by atoms with van der Waals surface area (Å²) in [4.78, 5) is 15.7. The van der Waals surface area contributed by atoms with E-state index in [-0.39, 0.29) is 17.6 Å². The van der Waals surface area contributed by atoms with Crippen LogP contribution in [0.5, 0.6) is 0 Å². The van der Waals surface area contributed by atoms with Gasteiger partial charge in [-0.25, -0.2) is 0 Å². The first kappa shape index (κ1) is 10.7. The minimum absolute atomic E-state index is 0.0970. The lowest BCUT2D eigenvalue weighted by molar-refractivity contribution is -0.119. The molecule has 84 valence electrons. The third-order valence-electron chi connectivity index (χ3n) is 2.56. The van der Waals surface area contributed by atoms with Gasteiger partial charge in [0.15, 0.2) is 5.65 Å². The zero-order chi connectivity index (χ0) is 11.7. The topological polar surface area (TPSA) is 73.0 Å². The quantitative estimate of drug-likeness (QED) is 0.765. The van der Waals surface area contributed by atoms with Gasteiger partial charge in [0.1, 0.15) is 5.78 Å². The monoisotopic (exact) mass is 219 g/mol. The van der Waals surface area contributed by atoms with E-state index in [0.29, 0.717) is 5.65 Å². The number of nitrogens with zero attached hydrogens (tertiary/aromatic N) is 5. The summed E-state index contributed by atoms with van der Waals surface area (Å²) in [6.45, 7) is 5.57. The fourth-order valence-corrected chi connectivity index (χ4v) is 1.92. The summed E-state index contributed by atoms with van der Waals surface area (Å²) >= 11 is 0. The third-order valence-corrected chi connectivity index (χ3v) is 2.56. The Labute approximate surface area is 92.7 Å². The van der Waals surface area contributed by atoms with Crippen molar-refractivity contribution in [3.8, 4) is 0 Å². The summed E-state index contributed by atoms with van der Waals surface area (Å²) < 4.78 is 1.57. The van der Waals surface area contributed by atoms with Gasteiger partial charge in [0.25, 0.3) is 0 Å². The molecule has 0 fully saturated rings. The lowest BCUT2D eigenvalue weighted by atomic mass is 9.89. The van der Waals surface area contributed by atoms with Crippen molar-refractivity contribution in [1.29, 1.82) is 0 Å². The molecular weight excluding hydrogens is 206 g/mol. The van der Waals surface area contributed by atoms with Crippen molar-refractivity contribution >= 4 is 11.4 Å². The molecule has 1 unspecified atom stereocenters. The number of rotatable bonds is 3. The highest BCUT2D eigenvalue weighted by molar-refractivity contribution is 5.83. The summed E-state index contributed by atoms with van der Waals surface area (Å²) in [5.74, 6) is 0.0635. The van der Waals surface area contributed by atoms with Gasteiger partial charge in [-0.05, 0) is 23.3 Å². The van der Waals surface area contributed by atoms with Crippen molar-refractivity contribution in [2.24, 2.45) is 5.92 Å². The molecule has 2 aromatic heterocycles. The van der Waals surface area contributed by atoms with Crippen LogP contribution in [-0.2, 0) is 4.79 Å². The fourth-order valence-electron chi connectivity index (χ4n) is 1.92. The molecule has 1 atom stereocenters. The number of carbonyl (C=O) groups excluding carboxylic acids is 1. The van der Waals surface area contributed by atoms with E-state index in [1.807, 2.05) is 13.8 Å². The van der Waals surface area contributed by atoms with Crippen LogP contribution in [0.1, 0.15) is 32.4 Å². The summed E-state index contributed by atoms with van der Waals surface area (Å²) in [6, 6.07) is 0. The molecule has 6 heteroatoms. The van der Waals surface area contributed by atoms with Gasteiger partial charge in [-0.1, -0.05) is 13.8 Å². The van der Waals surface area contributed by atoms with Crippen LogP contribution in [0.4, 0.5) is 0 Å². The molecule has 0 spiro atoms. The van der Waals surface area contributed by atoms with Gasteiger partial charge in [-0.15, -0.1) is 5.10 Å². The van der Waals surface area contributed by atoms with E-state index < -0.39 is 0 Å². The van der Waals surface area contributed by atoms with Gasteiger partial charge in [0, 0.05) is 6.20 Å². The Bertz CT molecular complexity index is 519. The van der Waals surface area contributed by atoms with Gasteiger partial charge in [0.2, 0.25) is 0 Å². The number of tetrazole rings is 1. The van der Waals surface area contributed by atoms with E-state index in [9.17, 15) is 4.79 Å². The van der Waals surface area contributed by atoms with Gasteiger partial charge in [0.05, 0.1) is 17.8 Å². The van der Waals surface area contributed by atoms with Crippen LogP contribution in [0.3, 0.4) is 0 Å². The van der Waals surface area contributed by atoms with Gasteiger partial charge < -0.3 is 0 Å². The van der Waals surface area contributed by atoms with E-state index in [2.05, 4.69) is 20.5 Å². The minimum atomic E-state index is -0.223. The molecule has 0 radical (unpaired) electrons. The first-order valence-corrected chi connectivity index (χ1v) is 5.13. The van der Waals surface area contributed by atoms with E-state index in [4.69, 9.17) is 0 Å². The predicted octanol–water partition coefficient (Wildman–Crippen LogP) is 0.848. The highest BCUT2D eigenvalue weighted by Crippen LogP contribution is 2.24. The largest absolute Gasteiger partial charge is 0.299 e. The summed E-state index contributed by atoms with van der Waals surface area (Å²) in [6.07, 6.45) is 3.22. The zero-order valence-electron chi connectivity index (χ0n) is 9.45. The lowest BCUT2D eigenvalue weighted by Gasteiger charge is -2.17.